The molecule has 0 unspecified atom stereocenters. The van der Waals surface area contributed by atoms with Gasteiger partial charge in [-0.2, -0.15) is 0 Å². The fraction of sp³-hybridized carbons (Fsp3) is 0.364. The first-order valence-corrected chi connectivity index (χ1v) is 9.70. The average Bonchev–Trinajstić information content (AvgIpc) is 3.10. The number of aryl methyl sites for hydroxylation is 2. The molecule has 0 spiro atoms. The molecule has 0 radical (unpaired) electrons. The van der Waals surface area contributed by atoms with Crippen molar-refractivity contribution in [2.45, 2.75) is 38.8 Å². The van der Waals surface area contributed by atoms with E-state index in [0.29, 0.717) is 13.0 Å². The van der Waals surface area contributed by atoms with Crippen LogP contribution in [0.25, 0.3) is 11.0 Å². The zero-order valence-corrected chi connectivity index (χ0v) is 15.8. The van der Waals surface area contributed by atoms with E-state index in [1.165, 1.54) is 11.3 Å². The van der Waals surface area contributed by atoms with Crippen molar-refractivity contribution in [1.29, 1.82) is 0 Å². The molecule has 0 bridgehead atoms. The van der Waals surface area contributed by atoms with Crippen LogP contribution in [0.2, 0.25) is 0 Å². The van der Waals surface area contributed by atoms with Crippen LogP contribution in [0, 0.1) is 6.92 Å². The van der Waals surface area contributed by atoms with Gasteiger partial charge in [-0.3, -0.25) is 4.79 Å². The summed E-state index contributed by atoms with van der Waals surface area (Å²) in [6.45, 7) is 4.76. The summed E-state index contributed by atoms with van der Waals surface area (Å²) in [5.41, 5.74) is 4.62. The molecule has 1 amide bonds. The number of nitrogens with zero attached hydrogens (tertiary/aromatic N) is 3. The molecule has 1 saturated heterocycles. The molecule has 1 aliphatic rings. The number of rotatable bonds is 5. The number of imidazole rings is 1. The Balaban J connectivity index is 1.26. The lowest BCUT2D eigenvalue weighted by Crippen LogP contribution is -2.44. The van der Waals surface area contributed by atoms with E-state index in [-0.39, 0.29) is 11.9 Å². The summed E-state index contributed by atoms with van der Waals surface area (Å²) >= 11 is 0. The van der Waals surface area contributed by atoms with Crippen molar-refractivity contribution in [3.63, 3.8) is 0 Å². The van der Waals surface area contributed by atoms with Crippen LogP contribution in [0.1, 0.15) is 24.8 Å². The fourth-order valence-corrected chi connectivity index (χ4v) is 3.82. The molecule has 2 heterocycles. The average molecular weight is 362 g/mol. The van der Waals surface area contributed by atoms with Crippen molar-refractivity contribution in [3.05, 3.63) is 60.4 Å². The standard InChI is InChI=1S/C22H26N4O/c1-17-5-4-6-19(15-17)25-12-9-18(10-13-25)24-22(27)11-14-26-16-23-20-7-2-3-8-21(20)26/h2-8,15-16,18H,9-14H2,1H3,(H,24,27). The van der Waals surface area contributed by atoms with Crippen LogP contribution in [0.4, 0.5) is 5.69 Å². The number of aromatic nitrogens is 2. The molecule has 1 N–H and O–H groups in total. The van der Waals surface area contributed by atoms with Gasteiger partial charge in [-0.15, -0.1) is 0 Å². The highest BCUT2D eigenvalue weighted by Crippen LogP contribution is 2.21. The smallest absolute Gasteiger partial charge is 0.222 e. The second kappa shape index (κ2) is 7.82. The molecular weight excluding hydrogens is 336 g/mol. The molecule has 0 aliphatic carbocycles. The maximum absolute atomic E-state index is 12.4. The minimum Gasteiger partial charge on any atom is -0.371 e. The third-order valence-electron chi connectivity index (χ3n) is 5.33. The lowest BCUT2D eigenvalue weighted by molar-refractivity contribution is -0.122. The lowest BCUT2D eigenvalue weighted by atomic mass is 10.0. The number of fused-ring (bicyclic) bond motifs is 1. The van der Waals surface area contributed by atoms with Gasteiger partial charge >= 0.3 is 0 Å². The van der Waals surface area contributed by atoms with E-state index in [4.69, 9.17) is 0 Å². The first-order chi connectivity index (χ1) is 13.2. The summed E-state index contributed by atoms with van der Waals surface area (Å²) in [5, 5.41) is 3.21. The first-order valence-electron chi connectivity index (χ1n) is 9.70. The minimum absolute atomic E-state index is 0.127. The summed E-state index contributed by atoms with van der Waals surface area (Å²) < 4.78 is 2.05. The number of piperidine rings is 1. The van der Waals surface area contributed by atoms with Crippen LogP contribution in [0.3, 0.4) is 0 Å². The van der Waals surface area contributed by atoms with E-state index in [1.54, 1.807) is 0 Å². The van der Waals surface area contributed by atoms with Gasteiger partial charge in [0.1, 0.15) is 0 Å². The summed E-state index contributed by atoms with van der Waals surface area (Å²) in [4.78, 5) is 19.2. The summed E-state index contributed by atoms with van der Waals surface area (Å²) in [6.07, 6.45) is 4.29. The van der Waals surface area contributed by atoms with Crippen molar-refractivity contribution in [1.82, 2.24) is 14.9 Å². The predicted molar refractivity (Wildman–Crippen MR) is 109 cm³/mol. The van der Waals surface area contributed by atoms with Crippen LogP contribution in [0.5, 0.6) is 0 Å². The monoisotopic (exact) mass is 362 g/mol. The zero-order chi connectivity index (χ0) is 18.6. The number of carbonyl (C=O) groups excluding carboxylic acids is 1. The van der Waals surface area contributed by atoms with Gasteiger partial charge in [-0.05, 0) is 49.6 Å². The molecule has 3 aromatic rings. The number of hydrogen-bond acceptors (Lipinski definition) is 3. The minimum atomic E-state index is 0.127. The highest BCUT2D eigenvalue weighted by atomic mass is 16.1. The number of benzene rings is 2. The number of carbonyl (C=O) groups is 1. The van der Waals surface area contributed by atoms with Gasteiger partial charge in [-0.25, -0.2) is 4.98 Å². The third kappa shape index (κ3) is 4.13. The largest absolute Gasteiger partial charge is 0.371 e. The van der Waals surface area contributed by atoms with Crippen LogP contribution < -0.4 is 10.2 Å². The molecule has 1 aromatic heterocycles. The molecule has 0 saturated carbocycles. The Hall–Kier alpha value is -2.82. The Bertz CT molecular complexity index is 925. The van der Waals surface area contributed by atoms with E-state index in [2.05, 4.69) is 51.0 Å². The fourth-order valence-electron chi connectivity index (χ4n) is 3.82. The normalized spacial score (nSPS) is 15.2. The van der Waals surface area contributed by atoms with Gasteiger partial charge in [0.25, 0.3) is 0 Å². The van der Waals surface area contributed by atoms with E-state index in [9.17, 15) is 4.79 Å². The van der Waals surface area contributed by atoms with Crippen LogP contribution in [-0.4, -0.2) is 34.6 Å². The van der Waals surface area contributed by atoms with Crippen molar-refractivity contribution in [3.8, 4) is 0 Å². The second-order valence-corrected chi connectivity index (χ2v) is 7.34. The molecule has 1 aliphatic heterocycles. The summed E-state index contributed by atoms with van der Waals surface area (Å²) in [7, 11) is 0. The van der Waals surface area contributed by atoms with Gasteiger partial charge in [0.2, 0.25) is 5.91 Å². The maximum Gasteiger partial charge on any atom is 0.222 e. The number of para-hydroxylation sites is 2. The van der Waals surface area contributed by atoms with Crippen LogP contribution >= 0.6 is 0 Å². The number of hydrogen-bond donors (Lipinski definition) is 1. The molecule has 0 atom stereocenters. The maximum atomic E-state index is 12.4. The summed E-state index contributed by atoms with van der Waals surface area (Å²) in [5.74, 6) is 0.127. The van der Waals surface area contributed by atoms with Crippen LogP contribution in [0.15, 0.2) is 54.9 Å². The Morgan fingerprint density at radius 2 is 1.96 bits per heavy atom. The molecule has 5 heteroatoms. The number of amides is 1. The highest BCUT2D eigenvalue weighted by Gasteiger charge is 2.21. The number of anilines is 1. The van der Waals surface area contributed by atoms with Crippen molar-refractivity contribution >= 4 is 22.6 Å². The lowest BCUT2D eigenvalue weighted by Gasteiger charge is -2.34. The Labute approximate surface area is 160 Å². The number of nitrogens with one attached hydrogen (secondary N) is 1. The Morgan fingerprint density at radius 1 is 1.15 bits per heavy atom. The molecule has 4 rings (SSSR count). The molecule has 2 aromatic carbocycles. The van der Waals surface area contributed by atoms with Gasteiger partial charge in [0, 0.05) is 37.8 Å². The van der Waals surface area contributed by atoms with Gasteiger partial charge in [-0.1, -0.05) is 24.3 Å². The van der Waals surface area contributed by atoms with Crippen molar-refractivity contribution < 1.29 is 4.79 Å². The van der Waals surface area contributed by atoms with E-state index in [0.717, 1.165) is 37.0 Å². The van der Waals surface area contributed by atoms with Crippen molar-refractivity contribution in [2.24, 2.45) is 0 Å². The van der Waals surface area contributed by atoms with Crippen LogP contribution in [-0.2, 0) is 11.3 Å². The van der Waals surface area contributed by atoms with Gasteiger partial charge < -0.3 is 14.8 Å². The predicted octanol–water partition coefficient (Wildman–Crippen LogP) is 3.52. The highest BCUT2D eigenvalue weighted by molar-refractivity contribution is 5.77. The zero-order valence-electron chi connectivity index (χ0n) is 15.8. The summed E-state index contributed by atoms with van der Waals surface area (Å²) in [6, 6.07) is 16.9. The van der Waals surface area contributed by atoms with Crippen molar-refractivity contribution in [2.75, 3.05) is 18.0 Å². The molecule has 5 nitrogen and oxygen atoms in total. The van der Waals surface area contributed by atoms with Gasteiger partial charge in [0.15, 0.2) is 0 Å². The topological polar surface area (TPSA) is 50.2 Å². The Kier molecular flexibility index (Phi) is 5.10. The van der Waals surface area contributed by atoms with Gasteiger partial charge in [0.05, 0.1) is 17.4 Å². The molecular formula is C22H26N4O. The third-order valence-corrected chi connectivity index (χ3v) is 5.33. The SMILES string of the molecule is Cc1cccc(N2CCC(NC(=O)CCn3cnc4ccccc43)CC2)c1. The van der Waals surface area contributed by atoms with E-state index in [1.807, 2.05) is 30.6 Å². The Morgan fingerprint density at radius 3 is 2.78 bits per heavy atom. The molecule has 140 valence electrons. The second-order valence-electron chi connectivity index (χ2n) is 7.34. The molecule has 27 heavy (non-hydrogen) atoms. The van der Waals surface area contributed by atoms with E-state index >= 15 is 0 Å². The molecule has 1 fully saturated rings. The first kappa shape index (κ1) is 17.6. The quantitative estimate of drug-likeness (QED) is 0.755. The van der Waals surface area contributed by atoms with E-state index < -0.39 is 0 Å².